The molecule has 0 atom stereocenters. The molecule has 0 aromatic rings. The third-order valence-corrected chi connectivity index (χ3v) is 1.29. The smallest absolute Gasteiger partial charge is 1.00 e. The third-order valence-electron chi connectivity index (χ3n) is 0.429. The van der Waals surface area contributed by atoms with Crippen molar-refractivity contribution >= 4 is 33.2 Å². The predicted molar refractivity (Wildman–Crippen MR) is 39.2 cm³/mol. The van der Waals surface area contributed by atoms with Crippen LogP contribution in [0.1, 0.15) is 9.78 Å². The van der Waals surface area contributed by atoms with E-state index in [0.717, 1.165) is 0 Å². The van der Waals surface area contributed by atoms with E-state index in [2.05, 4.69) is 6.58 Å². The SMILES string of the molecule is C=C(C)CS(=O)(=O)O.[H-].[H-].[Mg+2]. The quantitative estimate of drug-likeness (QED) is 0.361. The van der Waals surface area contributed by atoms with E-state index in [-0.39, 0.29) is 31.7 Å². The summed E-state index contributed by atoms with van der Waals surface area (Å²) in [5, 5.41) is 0. The van der Waals surface area contributed by atoms with Crippen molar-refractivity contribution in [1.82, 2.24) is 0 Å². The van der Waals surface area contributed by atoms with Crippen molar-refractivity contribution < 1.29 is 15.8 Å². The molecule has 0 aliphatic rings. The summed E-state index contributed by atoms with van der Waals surface area (Å²) in [6, 6.07) is 0. The van der Waals surface area contributed by atoms with Gasteiger partial charge in [0.25, 0.3) is 10.1 Å². The number of hydrogen-bond donors (Lipinski definition) is 1. The monoisotopic (exact) mass is 162 g/mol. The van der Waals surface area contributed by atoms with Crippen LogP contribution >= 0.6 is 0 Å². The summed E-state index contributed by atoms with van der Waals surface area (Å²) in [6.45, 7) is 4.84. The molecular formula is C4H10MgO3S. The molecule has 3 nitrogen and oxygen atoms in total. The predicted octanol–water partition coefficient (Wildman–Crippen LogP) is 0.295. The minimum absolute atomic E-state index is 0. The molecule has 0 unspecified atom stereocenters. The van der Waals surface area contributed by atoms with Gasteiger partial charge in [-0.3, -0.25) is 4.55 Å². The molecule has 5 heteroatoms. The van der Waals surface area contributed by atoms with Crippen molar-refractivity contribution in [2.45, 2.75) is 6.92 Å². The molecule has 52 valence electrons. The molecule has 0 aromatic carbocycles. The number of hydrogen-bond acceptors (Lipinski definition) is 2. The summed E-state index contributed by atoms with van der Waals surface area (Å²) in [7, 11) is -3.82. The zero-order valence-electron chi connectivity index (χ0n) is 7.29. The van der Waals surface area contributed by atoms with Crippen LogP contribution in [0.2, 0.25) is 0 Å². The van der Waals surface area contributed by atoms with Crippen LogP contribution in [0.25, 0.3) is 0 Å². The first-order valence-electron chi connectivity index (χ1n) is 2.01. The first-order valence-corrected chi connectivity index (χ1v) is 3.62. The standard InChI is InChI=1S/C4H8O3S.Mg.2H/c1-4(2)3-8(5,6)7;;;/h1,3H2,2H3,(H,5,6,7);;;/q;+2;2*-1. The molecule has 0 heterocycles. The van der Waals surface area contributed by atoms with Gasteiger partial charge in [-0.2, -0.15) is 8.42 Å². The molecule has 0 spiro atoms. The summed E-state index contributed by atoms with van der Waals surface area (Å²) in [5.74, 6) is -0.340. The Morgan fingerprint density at radius 2 is 2.11 bits per heavy atom. The van der Waals surface area contributed by atoms with Gasteiger partial charge in [0.05, 0.1) is 5.75 Å². The summed E-state index contributed by atoms with van der Waals surface area (Å²) in [6.07, 6.45) is 0. The van der Waals surface area contributed by atoms with Crippen molar-refractivity contribution in [3.63, 3.8) is 0 Å². The second-order valence-electron chi connectivity index (χ2n) is 1.68. The summed E-state index contributed by atoms with van der Waals surface area (Å²) in [5.41, 5.74) is 0.438. The van der Waals surface area contributed by atoms with Crippen LogP contribution < -0.4 is 0 Å². The van der Waals surface area contributed by atoms with Gasteiger partial charge >= 0.3 is 23.1 Å². The van der Waals surface area contributed by atoms with E-state index in [1.54, 1.807) is 0 Å². The first-order chi connectivity index (χ1) is 3.42. The van der Waals surface area contributed by atoms with Crippen LogP contribution in [0.3, 0.4) is 0 Å². The molecule has 0 rings (SSSR count). The van der Waals surface area contributed by atoms with Crippen LogP contribution in [-0.4, -0.2) is 41.8 Å². The van der Waals surface area contributed by atoms with E-state index in [1.165, 1.54) is 6.92 Å². The van der Waals surface area contributed by atoms with Crippen LogP contribution in [0.5, 0.6) is 0 Å². The van der Waals surface area contributed by atoms with E-state index in [0.29, 0.717) is 5.57 Å². The second-order valence-corrected chi connectivity index (χ2v) is 3.14. The Bertz CT molecular complexity index is 190. The van der Waals surface area contributed by atoms with E-state index in [1.807, 2.05) is 0 Å². The molecule has 0 saturated carbocycles. The van der Waals surface area contributed by atoms with Gasteiger partial charge in [0.15, 0.2) is 0 Å². The molecule has 0 aliphatic carbocycles. The van der Waals surface area contributed by atoms with Crippen molar-refractivity contribution in [1.29, 1.82) is 0 Å². The summed E-state index contributed by atoms with van der Waals surface area (Å²) < 4.78 is 28.0. The molecule has 0 aromatic heterocycles. The average molecular weight is 162 g/mol. The molecule has 0 fully saturated rings. The van der Waals surface area contributed by atoms with E-state index in [4.69, 9.17) is 4.55 Å². The van der Waals surface area contributed by atoms with Gasteiger partial charge in [0.1, 0.15) is 0 Å². The first kappa shape index (κ1) is 12.1. The van der Waals surface area contributed by atoms with Gasteiger partial charge in [-0.05, 0) is 6.92 Å². The molecule has 0 bridgehead atoms. The van der Waals surface area contributed by atoms with Crippen molar-refractivity contribution in [2.24, 2.45) is 0 Å². The third kappa shape index (κ3) is 11.8. The second kappa shape index (κ2) is 4.27. The summed E-state index contributed by atoms with van der Waals surface area (Å²) in [4.78, 5) is 0. The zero-order valence-corrected chi connectivity index (χ0v) is 7.52. The van der Waals surface area contributed by atoms with Gasteiger partial charge in [-0.15, -0.1) is 0 Å². The topological polar surface area (TPSA) is 54.4 Å². The fourth-order valence-electron chi connectivity index (χ4n) is 0.311. The molecular weight excluding hydrogens is 152 g/mol. The van der Waals surface area contributed by atoms with Crippen LogP contribution in [0.15, 0.2) is 12.2 Å². The average Bonchev–Trinajstić information content (AvgIpc) is 1.21. The minimum Gasteiger partial charge on any atom is -1.00 e. The molecule has 9 heavy (non-hydrogen) atoms. The molecule has 1 N–H and O–H groups in total. The van der Waals surface area contributed by atoms with Gasteiger partial charge in [0, 0.05) is 0 Å². The Morgan fingerprint density at radius 1 is 1.78 bits per heavy atom. The van der Waals surface area contributed by atoms with Crippen LogP contribution in [0.4, 0.5) is 0 Å². The Hall–Kier alpha value is 0.416. The Kier molecular flexibility index (Phi) is 5.75. The Labute approximate surface area is 74.0 Å². The van der Waals surface area contributed by atoms with Crippen molar-refractivity contribution in [3.8, 4) is 0 Å². The zero-order chi connectivity index (χ0) is 6.78. The Balaban J connectivity index is -0.0000000817. The minimum atomic E-state index is -3.82. The maximum Gasteiger partial charge on any atom is 2.00 e. The van der Waals surface area contributed by atoms with E-state index < -0.39 is 10.1 Å². The van der Waals surface area contributed by atoms with Crippen molar-refractivity contribution in [3.05, 3.63) is 12.2 Å². The largest absolute Gasteiger partial charge is 2.00 e. The normalized spacial score (nSPS) is 10.0. The fraction of sp³-hybridized carbons (Fsp3) is 0.500. The maximum absolute atomic E-state index is 9.94. The van der Waals surface area contributed by atoms with Crippen LogP contribution in [0, 0.1) is 0 Å². The maximum atomic E-state index is 9.94. The fourth-order valence-corrected chi connectivity index (χ4v) is 0.934. The Morgan fingerprint density at radius 3 is 2.11 bits per heavy atom. The van der Waals surface area contributed by atoms with Gasteiger partial charge in [-0.25, -0.2) is 0 Å². The van der Waals surface area contributed by atoms with E-state index in [9.17, 15) is 8.42 Å². The summed E-state index contributed by atoms with van der Waals surface area (Å²) >= 11 is 0. The molecule has 0 saturated heterocycles. The van der Waals surface area contributed by atoms with Crippen LogP contribution in [-0.2, 0) is 10.1 Å². The van der Waals surface area contributed by atoms with Gasteiger partial charge < -0.3 is 2.85 Å². The van der Waals surface area contributed by atoms with Crippen molar-refractivity contribution in [2.75, 3.05) is 5.75 Å². The molecule has 0 amide bonds. The van der Waals surface area contributed by atoms with Gasteiger partial charge in [-0.1, -0.05) is 12.2 Å². The van der Waals surface area contributed by atoms with Gasteiger partial charge in [0.2, 0.25) is 0 Å². The number of rotatable bonds is 2. The van der Waals surface area contributed by atoms with E-state index >= 15 is 0 Å². The molecule has 0 radical (unpaired) electrons. The molecule has 0 aliphatic heterocycles.